The van der Waals surface area contributed by atoms with Crippen LogP contribution < -0.4 is 0 Å². The molecule has 0 aliphatic carbocycles. The highest BCUT2D eigenvalue weighted by molar-refractivity contribution is 5.67. The van der Waals surface area contributed by atoms with E-state index in [0.717, 1.165) is 28.1 Å². The van der Waals surface area contributed by atoms with Crippen molar-refractivity contribution in [3.63, 3.8) is 0 Å². The topological polar surface area (TPSA) is 69.6 Å². The predicted octanol–water partition coefficient (Wildman–Crippen LogP) is 3.29. The fraction of sp³-hybridized carbons (Fsp3) is 0.0588. The molecule has 1 aromatic carbocycles. The smallest absolute Gasteiger partial charge is 0.214 e. The number of aromatic nitrogens is 5. The molecular formula is C17H13N5O. The minimum absolute atomic E-state index is 0.578. The molecule has 4 rings (SSSR count). The van der Waals surface area contributed by atoms with Gasteiger partial charge in [0.2, 0.25) is 12.2 Å². The molecule has 0 saturated heterocycles. The van der Waals surface area contributed by atoms with Crippen LogP contribution in [0.5, 0.6) is 0 Å². The summed E-state index contributed by atoms with van der Waals surface area (Å²) in [5.41, 5.74) is 4.92. The van der Waals surface area contributed by atoms with Gasteiger partial charge in [-0.1, -0.05) is 29.4 Å². The third-order valence-corrected chi connectivity index (χ3v) is 3.59. The molecule has 0 aliphatic heterocycles. The second kappa shape index (κ2) is 5.49. The molecule has 6 heteroatoms. The van der Waals surface area contributed by atoms with Crippen LogP contribution >= 0.6 is 0 Å². The van der Waals surface area contributed by atoms with Crippen LogP contribution in [-0.4, -0.2) is 24.9 Å². The van der Waals surface area contributed by atoms with Gasteiger partial charge in [-0.25, -0.2) is 4.68 Å². The molecule has 0 unspecified atom stereocenters. The van der Waals surface area contributed by atoms with Crippen LogP contribution in [0.25, 0.3) is 28.3 Å². The standard InChI is InChI=1S/C17H13N5O/c1-12-10-22(15-3-2-8-18-9-15)20-16(12)13-4-6-14(7-5-13)17-19-11-23-21-17/h2-11H,1H3. The van der Waals surface area contributed by atoms with Crippen LogP contribution in [-0.2, 0) is 0 Å². The van der Waals surface area contributed by atoms with Crippen molar-refractivity contribution in [2.75, 3.05) is 0 Å². The Hall–Kier alpha value is -3.28. The van der Waals surface area contributed by atoms with Crippen LogP contribution in [0.4, 0.5) is 0 Å². The molecule has 112 valence electrons. The first-order chi connectivity index (χ1) is 11.3. The SMILES string of the molecule is Cc1cn(-c2cccnc2)nc1-c1ccc(-c2ncon2)cc1. The van der Waals surface area contributed by atoms with Crippen molar-refractivity contribution in [2.24, 2.45) is 0 Å². The average Bonchev–Trinajstić information content (AvgIpc) is 3.26. The fourth-order valence-electron chi connectivity index (χ4n) is 2.44. The van der Waals surface area contributed by atoms with E-state index in [1.54, 1.807) is 12.4 Å². The molecule has 3 heterocycles. The molecule has 3 aromatic heterocycles. The maximum Gasteiger partial charge on any atom is 0.214 e. The summed E-state index contributed by atoms with van der Waals surface area (Å²) in [7, 11) is 0. The maximum atomic E-state index is 4.77. The Morgan fingerprint density at radius 2 is 1.87 bits per heavy atom. The van der Waals surface area contributed by atoms with Gasteiger partial charge in [0.25, 0.3) is 0 Å². The van der Waals surface area contributed by atoms with E-state index in [9.17, 15) is 0 Å². The number of nitrogens with zero attached hydrogens (tertiary/aromatic N) is 5. The van der Waals surface area contributed by atoms with Crippen LogP contribution in [0, 0.1) is 6.92 Å². The second-order valence-corrected chi connectivity index (χ2v) is 5.15. The van der Waals surface area contributed by atoms with E-state index < -0.39 is 0 Å². The number of aryl methyl sites for hydroxylation is 1. The van der Waals surface area contributed by atoms with Crippen molar-refractivity contribution in [1.29, 1.82) is 0 Å². The minimum atomic E-state index is 0.578. The summed E-state index contributed by atoms with van der Waals surface area (Å²) < 4.78 is 6.61. The van der Waals surface area contributed by atoms with Crippen LogP contribution in [0.3, 0.4) is 0 Å². The van der Waals surface area contributed by atoms with E-state index in [1.165, 1.54) is 6.39 Å². The van der Waals surface area contributed by atoms with E-state index >= 15 is 0 Å². The van der Waals surface area contributed by atoms with Crippen LogP contribution in [0.2, 0.25) is 0 Å². The summed E-state index contributed by atoms with van der Waals surface area (Å²) >= 11 is 0. The van der Waals surface area contributed by atoms with Crippen molar-refractivity contribution in [1.82, 2.24) is 24.9 Å². The molecule has 0 saturated carbocycles. The highest BCUT2D eigenvalue weighted by Gasteiger charge is 2.10. The molecule has 0 aliphatic rings. The van der Waals surface area contributed by atoms with Gasteiger partial charge in [-0.2, -0.15) is 10.1 Å². The quantitative estimate of drug-likeness (QED) is 0.581. The largest absolute Gasteiger partial charge is 0.342 e. The van der Waals surface area contributed by atoms with Crippen molar-refractivity contribution in [2.45, 2.75) is 6.92 Å². The lowest BCUT2D eigenvalue weighted by atomic mass is 10.1. The number of hydrogen-bond donors (Lipinski definition) is 0. The van der Waals surface area contributed by atoms with Gasteiger partial charge in [-0.15, -0.1) is 0 Å². The molecule has 0 amide bonds. The zero-order valence-electron chi connectivity index (χ0n) is 12.4. The number of pyridine rings is 1. The predicted molar refractivity (Wildman–Crippen MR) is 84.8 cm³/mol. The summed E-state index contributed by atoms with van der Waals surface area (Å²) in [4.78, 5) is 8.17. The lowest BCUT2D eigenvalue weighted by molar-refractivity contribution is 0.419. The molecule has 23 heavy (non-hydrogen) atoms. The zero-order chi connectivity index (χ0) is 15.6. The summed E-state index contributed by atoms with van der Waals surface area (Å²) in [5.74, 6) is 0.578. The fourth-order valence-corrected chi connectivity index (χ4v) is 2.44. The summed E-state index contributed by atoms with van der Waals surface area (Å²) in [6.07, 6.45) is 6.86. The molecule has 0 atom stereocenters. The Kier molecular flexibility index (Phi) is 3.20. The summed E-state index contributed by atoms with van der Waals surface area (Å²) in [5, 5.41) is 8.51. The molecule has 0 radical (unpaired) electrons. The first-order valence-electron chi connectivity index (χ1n) is 7.15. The monoisotopic (exact) mass is 303 g/mol. The van der Waals surface area contributed by atoms with Gasteiger partial charge in [0, 0.05) is 23.5 Å². The second-order valence-electron chi connectivity index (χ2n) is 5.15. The number of hydrogen-bond acceptors (Lipinski definition) is 5. The van der Waals surface area contributed by atoms with Gasteiger partial charge >= 0.3 is 0 Å². The molecule has 0 N–H and O–H groups in total. The van der Waals surface area contributed by atoms with E-state index in [1.807, 2.05) is 54.2 Å². The van der Waals surface area contributed by atoms with Gasteiger partial charge in [-0.3, -0.25) is 4.98 Å². The molecule has 0 fully saturated rings. The molecule has 4 aromatic rings. The van der Waals surface area contributed by atoms with Gasteiger partial charge in [0.05, 0.1) is 17.6 Å². The zero-order valence-corrected chi connectivity index (χ0v) is 12.4. The molecule has 0 bridgehead atoms. The van der Waals surface area contributed by atoms with Crippen molar-refractivity contribution < 1.29 is 4.52 Å². The Morgan fingerprint density at radius 3 is 2.57 bits per heavy atom. The minimum Gasteiger partial charge on any atom is -0.342 e. The highest BCUT2D eigenvalue weighted by Crippen LogP contribution is 2.25. The Bertz CT molecular complexity index is 912. The maximum absolute atomic E-state index is 4.77. The van der Waals surface area contributed by atoms with Gasteiger partial charge < -0.3 is 4.52 Å². The Labute approximate surface area is 132 Å². The third-order valence-electron chi connectivity index (χ3n) is 3.59. The Morgan fingerprint density at radius 1 is 1.04 bits per heavy atom. The van der Waals surface area contributed by atoms with Gasteiger partial charge in [0.1, 0.15) is 0 Å². The van der Waals surface area contributed by atoms with Gasteiger partial charge in [-0.05, 0) is 24.6 Å². The van der Waals surface area contributed by atoms with E-state index in [-0.39, 0.29) is 0 Å². The highest BCUT2D eigenvalue weighted by atomic mass is 16.5. The molecular weight excluding hydrogens is 290 g/mol. The average molecular weight is 303 g/mol. The Balaban J connectivity index is 1.70. The summed E-state index contributed by atoms with van der Waals surface area (Å²) in [6, 6.07) is 11.8. The molecule has 6 nitrogen and oxygen atoms in total. The van der Waals surface area contributed by atoms with E-state index in [0.29, 0.717) is 5.82 Å². The van der Waals surface area contributed by atoms with Crippen molar-refractivity contribution >= 4 is 0 Å². The normalized spacial score (nSPS) is 10.8. The lowest BCUT2D eigenvalue weighted by Crippen LogP contribution is -1.95. The van der Waals surface area contributed by atoms with Crippen molar-refractivity contribution in [3.05, 3.63) is 66.9 Å². The van der Waals surface area contributed by atoms with Crippen LogP contribution in [0.1, 0.15) is 5.56 Å². The van der Waals surface area contributed by atoms with Crippen LogP contribution in [0.15, 0.2) is 65.9 Å². The van der Waals surface area contributed by atoms with Crippen molar-refractivity contribution in [3.8, 4) is 28.3 Å². The number of benzene rings is 1. The first-order valence-corrected chi connectivity index (χ1v) is 7.15. The molecule has 0 spiro atoms. The third kappa shape index (κ3) is 2.50. The number of rotatable bonds is 3. The van der Waals surface area contributed by atoms with Gasteiger partial charge in [0.15, 0.2) is 0 Å². The summed E-state index contributed by atoms with van der Waals surface area (Å²) in [6.45, 7) is 2.04. The lowest BCUT2D eigenvalue weighted by Gasteiger charge is -2.01. The first kappa shape index (κ1) is 13.4. The van der Waals surface area contributed by atoms with E-state index in [4.69, 9.17) is 4.52 Å². The van der Waals surface area contributed by atoms with E-state index in [2.05, 4.69) is 20.2 Å².